The Morgan fingerprint density at radius 3 is 2.93 bits per heavy atom. The van der Waals surface area contributed by atoms with E-state index in [1.54, 1.807) is 6.20 Å². The van der Waals surface area contributed by atoms with Crippen LogP contribution in [0.1, 0.15) is 6.92 Å². The second-order valence-corrected chi connectivity index (χ2v) is 3.57. The Balaban J connectivity index is 2.73. The van der Waals surface area contributed by atoms with E-state index in [0.29, 0.717) is 11.0 Å². The SMILES string of the molecule is CCn1ncc2c(N)nc(SC)nc21. The van der Waals surface area contributed by atoms with Crippen LogP contribution >= 0.6 is 11.8 Å². The first kappa shape index (κ1) is 9.26. The average Bonchev–Trinajstić information content (AvgIpc) is 2.61. The van der Waals surface area contributed by atoms with E-state index in [4.69, 9.17) is 5.73 Å². The van der Waals surface area contributed by atoms with Gasteiger partial charge in [0.2, 0.25) is 0 Å². The molecule has 74 valence electrons. The number of thioether (sulfide) groups is 1. The number of anilines is 1. The minimum absolute atomic E-state index is 0.499. The number of rotatable bonds is 2. The number of fused-ring (bicyclic) bond motifs is 1. The fourth-order valence-electron chi connectivity index (χ4n) is 1.28. The van der Waals surface area contributed by atoms with E-state index in [1.165, 1.54) is 11.8 Å². The summed E-state index contributed by atoms with van der Waals surface area (Å²) >= 11 is 1.48. The summed E-state index contributed by atoms with van der Waals surface area (Å²) < 4.78 is 1.81. The molecule has 2 aromatic rings. The van der Waals surface area contributed by atoms with Crippen molar-refractivity contribution in [1.29, 1.82) is 0 Å². The van der Waals surface area contributed by atoms with Crippen LogP contribution in [-0.4, -0.2) is 26.0 Å². The summed E-state index contributed by atoms with van der Waals surface area (Å²) in [5.41, 5.74) is 6.59. The Morgan fingerprint density at radius 2 is 2.29 bits per heavy atom. The number of hydrogen-bond acceptors (Lipinski definition) is 5. The second kappa shape index (κ2) is 3.45. The topological polar surface area (TPSA) is 69.6 Å². The third kappa shape index (κ3) is 1.31. The van der Waals surface area contributed by atoms with Gasteiger partial charge in [-0.1, -0.05) is 11.8 Å². The molecule has 0 bridgehead atoms. The first-order chi connectivity index (χ1) is 6.76. The average molecular weight is 209 g/mol. The van der Waals surface area contributed by atoms with Gasteiger partial charge in [-0.15, -0.1) is 0 Å². The highest BCUT2D eigenvalue weighted by molar-refractivity contribution is 7.98. The van der Waals surface area contributed by atoms with Crippen molar-refractivity contribution in [1.82, 2.24) is 19.7 Å². The lowest BCUT2D eigenvalue weighted by molar-refractivity contribution is 0.673. The van der Waals surface area contributed by atoms with Gasteiger partial charge in [-0.25, -0.2) is 14.6 Å². The molecule has 0 aliphatic heterocycles. The van der Waals surface area contributed by atoms with Crippen molar-refractivity contribution in [3.8, 4) is 0 Å². The molecule has 2 aromatic heterocycles. The number of nitrogens with zero attached hydrogens (tertiary/aromatic N) is 4. The van der Waals surface area contributed by atoms with E-state index >= 15 is 0 Å². The van der Waals surface area contributed by atoms with E-state index in [1.807, 2.05) is 17.9 Å². The molecule has 2 heterocycles. The Bertz CT molecular complexity index is 464. The zero-order valence-electron chi connectivity index (χ0n) is 8.06. The highest BCUT2D eigenvalue weighted by atomic mass is 32.2. The molecule has 0 saturated heterocycles. The van der Waals surface area contributed by atoms with Crippen LogP contribution in [0.5, 0.6) is 0 Å². The quantitative estimate of drug-likeness (QED) is 0.593. The summed E-state index contributed by atoms with van der Waals surface area (Å²) in [7, 11) is 0. The molecule has 0 aliphatic carbocycles. The third-order valence-electron chi connectivity index (χ3n) is 1.99. The van der Waals surface area contributed by atoms with Gasteiger partial charge in [0.25, 0.3) is 0 Å². The van der Waals surface area contributed by atoms with Crippen molar-refractivity contribution in [2.45, 2.75) is 18.6 Å². The van der Waals surface area contributed by atoms with Gasteiger partial charge in [-0.3, -0.25) is 0 Å². The van der Waals surface area contributed by atoms with Crippen LogP contribution in [0.25, 0.3) is 11.0 Å². The molecule has 0 spiro atoms. The first-order valence-corrected chi connectivity index (χ1v) is 5.51. The van der Waals surface area contributed by atoms with E-state index < -0.39 is 0 Å². The van der Waals surface area contributed by atoms with Gasteiger partial charge in [-0.2, -0.15) is 5.10 Å². The smallest absolute Gasteiger partial charge is 0.191 e. The minimum Gasteiger partial charge on any atom is -0.383 e. The standard InChI is InChI=1S/C8H11N5S/c1-3-13-7-5(4-10-13)6(9)11-8(12-7)14-2/h4H,3H2,1-2H3,(H2,9,11,12). The summed E-state index contributed by atoms with van der Waals surface area (Å²) in [5.74, 6) is 0.499. The number of hydrogen-bond donors (Lipinski definition) is 1. The number of nitrogen functional groups attached to an aromatic ring is 1. The summed E-state index contributed by atoms with van der Waals surface area (Å²) in [5, 5.41) is 5.68. The van der Waals surface area contributed by atoms with Crippen LogP contribution in [0, 0.1) is 0 Å². The fourth-order valence-corrected chi connectivity index (χ4v) is 1.65. The predicted octanol–water partition coefficient (Wildman–Crippen LogP) is 1.15. The molecule has 0 aromatic carbocycles. The summed E-state index contributed by atoms with van der Waals surface area (Å²) in [6.07, 6.45) is 3.63. The van der Waals surface area contributed by atoms with Gasteiger partial charge in [0, 0.05) is 6.54 Å². The molecule has 2 N–H and O–H groups in total. The molecule has 0 radical (unpaired) electrons. The maximum atomic E-state index is 5.78. The van der Waals surface area contributed by atoms with Crippen LogP contribution in [0.4, 0.5) is 5.82 Å². The van der Waals surface area contributed by atoms with Crippen LogP contribution in [-0.2, 0) is 6.54 Å². The minimum atomic E-state index is 0.499. The Hall–Kier alpha value is -1.30. The van der Waals surface area contributed by atoms with Crippen molar-refractivity contribution in [3.63, 3.8) is 0 Å². The zero-order chi connectivity index (χ0) is 10.1. The largest absolute Gasteiger partial charge is 0.383 e. The fraction of sp³-hybridized carbons (Fsp3) is 0.375. The van der Waals surface area contributed by atoms with Gasteiger partial charge in [0.1, 0.15) is 5.82 Å². The monoisotopic (exact) mass is 209 g/mol. The van der Waals surface area contributed by atoms with Crippen LogP contribution in [0.3, 0.4) is 0 Å². The highest BCUT2D eigenvalue weighted by Gasteiger charge is 2.08. The lowest BCUT2D eigenvalue weighted by Gasteiger charge is -2.01. The summed E-state index contributed by atoms with van der Waals surface area (Å²) in [4.78, 5) is 8.50. The Morgan fingerprint density at radius 1 is 1.50 bits per heavy atom. The van der Waals surface area contributed by atoms with Crippen molar-refractivity contribution >= 4 is 28.6 Å². The van der Waals surface area contributed by atoms with Gasteiger partial charge < -0.3 is 5.73 Å². The van der Waals surface area contributed by atoms with E-state index in [-0.39, 0.29) is 0 Å². The van der Waals surface area contributed by atoms with Crippen LogP contribution < -0.4 is 5.73 Å². The van der Waals surface area contributed by atoms with Crippen molar-refractivity contribution in [2.75, 3.05) is 12.0 Å². The predicted molar refractivity (Wildman–Crippen MR) is 57.2 cm³/mol. The van der Waals surface area contributed by atoms with Crippen LogP contribution in [0.15, 0.2) is 11.4 Å². The third-order valence-corrected chi connectivity index (χ3v) is 2.54. The molecule has 0 saturated carbocycles. The van der Waals surface area contributed by atoms with E-state index in [2.05, 4.69) is 15.1 Å². The van der Waals surface area contributed by atoms with Crippen molar-refractivity contribution in [3.05, 3.63) is 6.20 Å². The van der Waals surface area contributed by atoms with Crippen molar-refractivity contribution < 1.29 is 0 Å². The molecule has 0 fully saturated rings. The maximum absolute atomic E-state index is 5.78. The number of aromatic nitrogens is 4. The van der Waals surface area contributed by atoms with Crippen LogP contribution in [0.2, 0.25) is 0 Å². The summed E-state index contributed by atoms with van der Waals surface area (Å²) in [6.45, 7) is 2.80. The molecule has 5 nitrogen and oxygen atoms in total. The number of nitrogens with two attached hydrogens (primary N) is 1. The first-order valence-electron chi connectivity index (χ1n) is 4.29. The lowest BCUT2D eigenvalue weighted by Crippen LogP contribution is -2.00. The molecule has 14 heavy (non-hydrogen) atoms. The molecular formula is C8H11N5S. The number of aryl methyl sites for hydroxylation is 1. The molecule has 2 rings (SSSR count). The van der Waals surface area contributed by atoms with Crippen molar-refractivity contribution in [2.24, 2.45) is 0 Å². The Kier molecular flexibility index (Phi) is 2.28. The van der Waals surface area contributed by atoms with Gasteiger partial charge in [-0.05, 0) is 13.2 Å². The second-order valence-electron chi connectivity index (χ2n) is 2.79. The molecule has 0 atom stereocenters. The van der Waals surface area contributed by atoms with Gasteiger partial charge in [0.05, 0.1) is 11.6 Å². The normalized spacial score (nSPS) is 11.0. The lowest BCUT2D eigenvalue weighted by atomic mass is 10.4. The molecule has 6 heteroatoms. The van der Waals surface area contributed by atoms with E-state index in [0.717, 1.165) is 17.6 Å². The Labute approximate surface area is 85.7 Å². The summed E-state index contributed by atoms with van der Waals surface area (Å²) in [6, 6.07) is 0. The molecule has 0 unspecified atom stereocenters. The van der Waals surface area contributed by atoms with Gasteiger partial charge in [0.15, 0.2) is 10.8 Å². The molecule has 0 aliphatic rings. The highest BCUT2D eigenvalue weighted by Crippen LogP contribution is 2.20. The van der Waals surface area contributed by atoms with E-state index in [9.17, 15) is 0 Å². The molecule has 0 amide bonds. The van der Waals surface area contributed by atoms with Gasteiger partial charge >= 0.3 is 0 Å². The zero-order valence-corrected chi connectivity index (χ0v) is 8.88. The molecular weight excluding hydrogens is 198 g/mol. The maximum Gasteiger partial charge on any atom is 0.191 e.